The average Bonchev–Trinajstić information content (AvgIpc) is 3.26. The fraction of sp³-hybridized carbons (Fsp3) is 0.536. The number of imide groups is 2. The van der Waals surface area contributed by atoms with Crippen molar-refractivity contribution in [3.63, 3.8) is 0 Å². The Morgan fingerprint density at radius 3 is 2.46 bits per heavy atom. The van der Waals surface area contributed by atoms with Crippen LogP contribution in [0.2, 0.25) is 0 Å². The van der Waals surface area contributed by atoms with Gasteiger partial charge in [-0.15, -0.1) is 23.2 Å². The summed E-state index contributed by atoms with van der Waals surface area (Å²) in [4.78, 5) is 63.7. The molecule has 0 radical (unpaired) electrons. The number of aromatic hydroxyl groups is 1. The number of nitrogens with zero attached hydrogens (tertiary/aromatic N) is 2. The van der Waals surface area contributed by atoms with E-state index < -0.39 is 57.1 Å². The van der Waals surface area contributed by atoms with Crippen molar-refractivity contribution in [3.05, 3.63) is 35.4 Å². The number of unbranched alkanes of at least 4 members (excludes halogenated alkanes) is 2. The Balaban J connectivity index is 1.58. The molecule has 2 aliphatic carbocycles. The van der Waals surface area contributed by atoms with Crippen LogP contribution in [-0.2, 0) is 24.0 Å². The van der Waals surface area contributed by atoms with E-state index >= 15 is 0 Å². The lowest BCUT2D eigenvalue weighted by Gasteiger charge is -2.51. The number of alkyl halides is 3. The number of phenols is 1. The van der Waals surface area contributed by atoms with Gasteiger partial charge in [0.2, 0.25) is 11.8 Å². The first-order valence-corrected chi connectivity index (χ1v) is 15.2. The number of hydrogen-bond acceptors (Lipinski definition) is 7. The molecule has 4 amide bonds. The number of carbonyl (C=O) groups excluding carboxylic acids is 4. The summed E-state index contributed by atoms with van der Waals surface area (Å²) in [5.41, 5.74) is 0.578. The van der Waals surface area contributed by atoms with Crippen LogP contribution in [0.5, 0.6) is 11.5 Å². The molecule has 0 unspecified atom stereocenters. The van der Waals surface area contributed by atoms with Crippen molar-refractivity contribution in [2.24, 2.45) is 17.8 Å². The summed E-state index contributed by atoms with van der Waals surface area (Å²) in [7, 11) is 1.40. The van der Waals surface area contributed by atoms with E-state index in [0.29, 0.717) is 24.8 Å². The predicted molar refractivity (Wildman–Crippen MR) is 151 cm³/mol. The van der Waals surface area contributed by atoms with Crippen molar-refractivity contribution < 1.29 is 38.9 Å². The number of phenolic OH excluding ortho intramolecular Hbond substituents is 1. The van der Waals surface area contributed by atoms with E-state index in [1.54, 1.807) is 18.2 Å². The van der Waals surface area contributed by atoms with Crippen LogP contribution in [0.25, 0.3) is 0 Å². The number of hydrogen-bond donors (Lipinski definition) is 2. The molecule has 1 aromatic rings. The highest BCUT2D eigenvalue weighted by molar-refractivity contribution is 9.09. The van der Waals surface area contributed by atoms with Gasteiger partial charge in [0.15, 0.2) is 9.75 Å². The number of halogens is 3. The Labute approximate surface area is 254 Å². The van der Waals surface area contributed by atoms with E-state index in [4.69, 9.17) is 33.0 Å². The molecule has 0 spiro atoms. The molecule has 2 heterocycles. The number of aliphatic carboxylic acids is 1. The standard InChI is InChI=1S/C28H29BrCl2N2O8/c1-41-18-7-5-6-17(34)21(18)22-14-9-10-15-20(24(38)32(23(15)37)11-4-2-3-8-19(35)36)16(14)12-27(30)25(39)33(13-29)26(40)28(22,27)31/h5-7,9,15-16,20,22,34H,2-4,8,10-13H2,1H3,(H,35,36)/t15-,16+,20-,22+,27+,28-/m0/s1. The van der Waals surface area contributed by atoms with Crippen LogP contribution in [0.3, 0.4) is 0 Å². The summed E-state index contributed by atoms with van der Waals surface area (Å²) in [6.45, 7) is 0.156. The number of carboxylic acids is 1. The normalized spacial score (nSPS) is 32.5. The molecule has 220 valence electrons. The van der Waals surface area contributed by atoms with E-state index in [0.717, 1.165) is 4.90 Å². The fourth-order valence-corrected chi connectivity index (χ4v) is 8.49. The van der Waals surface area contributed by atoms with Gasteiger partial charge in [-0.2, -0.15) is 0 Å². The smallest absolute Gasteiger partial charge is 0.303 e. The van der Waals surface area contributed by atoms with Crippen molar-refractivity contribution >= 4 is 68.7 Å². The highest BCUT2D eigenvalue weighted by Gasteiger charge is 2.76. The third-order valence-electron chi connectivity index (χ3n) is 8.93. The van der Waals surface area contributed by atoms with Gasteiger partial charge in [-0.3, -0.25) is 33.8 Å². The van der Waals surface area contributed by atoms with E-state index in [2.05, 4.69) is 15.9 Å². The maximum absolute atomic E-state index is 13.8. The maximum atomic E-state index is 13.8. The molecule has 5 rings (SSSR count). The largest absolute Gasteiger partial charge is 0.508 e. The molecule has 13 heteroatoms. The van der Waals surface area contributed by atoms with Crippen molar-refractivity contribution in [1.29, 1.82) is 0 Å². The lowest BCUT2D eigenvalue weighted by atomic mass is 9.56. The molecule has 41 heavy (non-hydrogen) atoms. The number of ether oxygens (including phenoxy) is 1. The van der Waals surface area contributed by atoms with Gasteiger partial charge in [-0.1, -0.05) is 40.1 Å². The molecule has 6 atom stereocenters. The first kappa shape index (κ1) is 29.8. The third kappa shape index (κ3) is 4.29. The number of amides is 4. The van der Waals surface area contributed by atoms with Crippen LogP contribution >= 0.6 is 39.1 Å². The zero-order chi connectivity index (χ0) is 29.9. The van der Waals surface area contributed by atoms with E-state index in [1.807, 2.05) is 0 Å². The fourth-order valence-electron chi connectivity index (χ4n) is 7.08. The minimum Gasteiger partial charge on any atom is -0.508 e. The minimum atomic E-state index is -2.05. The molecule has 0 aromatic heterocycles. The van der Waals surface area contributed by atoms with Crippen LogP contribution < -0.4 is 4.74 Å². The zero-order valence-electron chi connectivity index (χ0n) is 22.1. The summed E-state index contributed by atoms with van der Waals surface area (Å²) in [6.07, 6.45) is 3.29. The van der Waals surface area contributed by atoms with Crippen molar-refractivity contribution in [2.45, 2.75) is 54.2 Å². The summed E-state index contributed by atoms with van der Waals surface area (Å²) in [6, 6.07) is 4.59. The SMILES string of the molecule is COc1cccc(O)c1[C@H]1C2=CC[C@@H]3C(=O)N(CCCCCC(=O)O)C(=O)[C@@H]3[C@@H]2C[C@@]2(Cl)C(=O)N(CBr)C(=O)[C@@]12Cl. The molecule has 10 nitrogen and oxygen atoms in total. The molecule has 0 bridgehead atoms. The molecule has 2 aliphatic heterocycles. The highest BCUT2D eigenvalue weighted by Crippen LogP contribution is 2.67. The zero-order valence-corrected chi connectivity index (χ0v) is 25.2. The first-order valence-electron chi connectivity index (χ1n) is 13.4. The second-order valence-corrected chi connectivity index (χ2v) is 12.7. The van der Waals surface area contributed by atoms with Crippen LogP contribution in [-0.4, -0.2) is 78.5 Å². The number of fused-ring (bicyclic) bond motifs is 4. The van der Waals surface area contributed by atoms with E-state index in [9.17, 15) is 29.1 Å². The van der Waals surface area contributed by atoms with Crippen LogP contribution in [0.15, 0.2) is 29.8 Å². The lowest BCUT2D eigenvalue weighted by Crippen LogP contribution is -2.60. The van der Waals surface area contributed by atoms with E-state index in [1.165, 1.54) is 18.1 Å². The van der Waals surface area contributed by atoms with Gasteiger partial charge >= 0.3 is 5.97 Å². The molecule has 2 saturated heterocycles. The average molecular weight is 672 g/mol. The molecule has 1 aromatic carbocycles. The monoisotopic (exact) mass is 670 g/mol. The van der Waals surface area contributed by atoms with Gasteiger partial charge in [0.05, 0.1) is 24.4 Å². The van der Waals surface area contributed by atoms with Gasteiger partial charge in [0.1, 0.15) is 11.5 Å². The molecular weight excluding hydrogens is 643 g/mol. The third-order valence-corrected chi connectivity index (χ3v) is 10.8. The number of carbonyl (C=O) groups is 5. The van der Waals surface area contributed by atoms with Gasteiger partial charge < -0.3 is 14.9 Å². The second-order valence-electron chi connectivity index (χ2n) is 10.9. The molecule has 4 aliphatic rings. The molecule has 2 N–H and O–H groups in total. The summed E-state index contributed by atoms with van der Waals surface area (Å²) in [5, 5.41) is 19.9. The Morgan fingerprint density at radius 1 is 1.07 bits per heavy atom. The number of carboxylic acid groups (broad SMARTS) is 1. The summed E-state index contributed by atoms with van der Waals surface area (Å²) in [5.74, 6) is -6.42. The lowest BCUT2D eigenvalue weighted by molar-refractivity contribution is -0.141. The molecule has 1 saturated carbocycles. The van der Waals surface area contributed by atoms with Gasteiger partial charge in [-0.25, -0.2) is 0 Å². The van der Waals surface area contributed by atoms with Crippen LogP contribution in [0.4, 0.5) is 0 Å². The Hall–Kier alpha value is -2.63. The summed E-state index contributed by atoms with van der Waals surface area (Å²) >= 11 is 17.6. The minimum absolute atomic E-state index is 0.00975. The number of rotatable bonds is 9. The van der Waals surface area contributed by atoms with Crippen molar-refractivity contribution in [1.82, 2.24) is 9.80 Å². The Kier molecular flexibility index (Phi) is 7.93. The van der Waals surface area contributed by atoms with Gasteiger partial charge in [0, 0.05) is 24.4 Å². The maximum Gasteiger partial charge on any atom is 0.303 e. The molecular formula is C28H29BrCl2N2O8. The van der Waals surface area contributed by atoms with Gasteiger partial charge in [0.25, 0.3) is 11.8 Å². The van der Waals surface area contributed by atoms with Crippen molar-refractivity contribution in [2.75, 3.05) is 19.1 Å². The number of likely N-dealkylation sites (tertiary alicyclic amines) is 2. The van der Waals surface area contributed by atoms with Crippen LogP contribution in [0.1, 0.15) is 50.0 Å². The van der Waals surface area contributed by atoms with E-state index in [-0.39, 0.29) is 54.2 Å². The molecule has 3 fully saturated rings. The second kappa shape index (κ2) is 10.9. The summed E-state index contributed by atoms with van der Waals surface area (Å²) < 4.78 is 5.55. The van der Waals surface area contributed by atoms with Crippen LogP contribution in [0, 0.1) is 17.8 Å². The van der Waals surface area contributed by atoms with Crippen molar-refractivity contribution in [3.8, 4) is 11.5 Å². The van der Waals surface area contributed by atoms with Gasteiger partial charge in [-0.05, 0) is 43.7 Å². The first-order chi connectivity index (χ1) is 19.4. The Bertz CT molecular complexity index is 1370. The number of methoxy groups -OCH3 is 1. The topological polar surface area (TPSA) is 142 Å². The predicted octanol–water partition coefficient (Wildman–Crippen LogP) is 3.76. The number of allylic oxidation sites excluding steroid dienone is 2. The quantitative estimate of drug-likeness (QED) is 0.133. The Morgan fingerprint density at radius 2 is 1.80 bits per heavy atom. The number of benzene rings is 1. The highest BCUT2D eigenvalue weighted by atomic mass is 79.9.